The predicted octanol–water partition coefficient (Wildman–Crippen LogP) is 3.36. The van der Waals surface area contributed by atoms with Crippen LogP contribution in [0.15, 0.2) is 24.3 Å². The van der Waals surface area contributed by atoms with Gasteiger partial charge in [-0.3, -0.25) is 4.79 Å². The van der Waals surface area contributed by atoms with Crippen LogP contribution in [0.3, 0.4) is 0 Å². The molecule has 3 rings (SSSR count). The Balaban J connectivity index is 1.47. The summed E-state index contributed by atoms with van der Waals surface area (Å²) in [6.07, 6.45) is 2.78. The number of carbonyl (C=O) groups is 1. The highest BCUT2D eigenvalue weighted by Crippen LogP contribution is 2.41. The number of benzene rings is 1. The highest BCUT2D eigenvalue weighted by molar-refractivity contribution is 7.11. The van der Waals surface area contributed by atoms with Gasteiger partial charge in [-0.25, -0.2) is 4.39 Å². The van der Waals surface area contributed by atoms with Gasteiger partial charge in [-0.05, 0) is 36.5 Å². The Morgan fingerprint density at radius 3 is 2.77 bits per heavy atom. The van der Waals surface area contributed by atoms with E-state index in [-0.39, 0.29) is 17.6 Å². The number of amides is 1. The van der Waals surface area contributed by atoms with Gasteiger partial charge in [0.05, 0.1) is 6.54 Å². The molecule has 1 atom stereocenters. The van der Waals surface area contributed by atoms with Gasteiger partial charge in [-0.1, -0.05) is 30.4 Å². The quantitative estimate of drug-likeness (QED) is 0.888. The number of nitrogens with zero attached hydrogens (tertiary/aromatic N) is 2. The minimum atomic E-state index is -0.261. The van der Waals surface area contributed by atoms with Crippen molar-refractivity contribution in [3.8, 4) is 0 Å². The van der Waals surface area contributed by atoms with Crippen LogP contribution in [0.4, 0.5) is 4.39 Å². The van der Waals surface area contributed by atoms with E-state index in [2.05, 4.69) is 15.5 Å². The van der Waals surface area contributed by atoms with Crippen LogP contribution in [-0.4, -0.2) is 16.1 Å². The highest BCUT2D eigenvalue weighted by atomic mass is 32.1. The molecule has 0 unspecified atom stereocenters. The Kier molecular flexibility index (Phi) is 4.47. The summed E-state index contributed by atoms with van der Waals surface area (Å²) < 4.78 is 12.9. The number of hydrogen-bond acceptors (Lipinski definition) is 4. The molecule has 1 heterocycles. The lowest BCUT2D eigenvalue weighted by Crippen LogP contribution is -2.24. The van der Waals surface area contributed by atoms with Gasteiger partial charge >= 0.3 is 0 Å². The van der Waals surface area contributed by atoms with Crippen LogP contribution in [0.25, 0.3) is 0 Å². The zero-order chi connectivity index (χ0) is 15.5. The molecule has 0 bridgehead atoms. The maximum absolute atomic E-state index is 12.9. The molecule has 1 amide bonds. The third-order valence-electron chi connectivity index (χ3n) is 3.78. The maximum Gasteiger partial charge on any atom is 0.220 e. The van der Waals surface area contributed by atoms with E-state index in [9.17, 15) is 9.18 Å². The molecule has 1 aromatic carbocycles. The molecule has 1 aliphatic carbocycles. The first kappa shape index (κ1) is 15.1. The van der Waals surface area contributed by atoms with E-state index >= 15 is 0 Å². The van der Waals surface area contributed by atoms with E-state index in [1.807, 2.05) is 6.92 Å². The molecule has 0 radical (unpaired) electrons. The van der Waals surface area contributed by atoms with Gasteiger partial charge in [0.25, 0.3) is 0 Å². The normalized spacial score (nSPS) is 15.5. The van der Waals surface area contributed by atoms with Crippen molar-refractivity contribution in [1.82, 2.24) is 15.5 Å². The van der Waals surface area contributed by atoms with E-state index in [1.165, 1.54) is 25.0 Å². The molecule has 1 fully saturated rings. The van der Waals surface area contributed by atoms with Gasteiger partial charge in [0.1, 0.15) is 15.8 Å². The molecule has 1 saturated carbocycles. The molecule has 2 aromatic rings. The second kappa shape index (κ2) is 6.52. The minimum Gasteiger partial charge on any atom is -0.349 e. The lowest BCUT2D eigenvalue weighted by Gasteiger charge is -2.11. The number of hydrogen-bond donors (Lipinski definition) is 1. The van der Waals surface area contributed by atoms with Gasteiger partial charge in [-0.2, -0.15) is 0 Å². The third-order valence-corrected chi connectivity index (χ3v) is 4.86. The largest absolute Gasteiger partial charge is 0.349 e. The number of halogens is 1. The molecular weight excluding hydrogens is 301 g/mol. The van der Waals surface area contributed by atoms with Crippen molar-refractivity contribution in [2.24, 2.45) is 0 Å². The maximum atomic E-state index is 12.9. The summed E-state index contributed by atoms with van der Waals surface area (Å²) in [5.74, 6) is 0.362. The van der Waals surface area contributed by atoms with Crippen molar-refractivity contribution in [3.05, 3.63) is 45.7 Å². The van der Waals surface area contributed by atoms with Crippen LogP contribution in [-0.2, 0) is 11.3 Å². The van der Waals surface area contributed by atoms with Crippen LogP contribution in [0.5, 0.6) is 0 Å². The standard InChI is InChI=1S/C16H18FN3OS/c1-10(11-4-6-13(17)7-5-11)8-14(21)18-9-15-19-20-16(22-15)12-2-3-12/h4-7,10,12H,2-3,8-9H2,1H3,(H,18,21)/t10-/m1/s1. The predicted molar refractivity (Wildman–Crippen MR) is 83.2 cm³/mol. The van der Waals surface area contributed by atoms with Gasteiger partial charge in [0.2, 0.25) is 5.91 Å². The van der Waals surface area contributed by atoms with Crippen molar-refractivity contribution in [2.45, 2.75) is 44.6 Å². The smallest absolute Gasteiger partial charge is 0.220 e. The first-order valence-electron chi connectivity index (χ1n) is 7.46. The molecular formula is C16H18FN3OS. The summed E-state index contributed by atoms with van der Waals surface area (Å²) in [5.41, 5.74) is 0.962. The Bertz CT molecular complexity index is 652. The average Bonchev–Trinajstić information content (AvgIpc) is 3.25. The van der Waals surface area contributed by atoms with E-state index in [4.69, 9.17) is 0 Å². The average molecular weight is 319 g/mol. The first-order chi connectivity index (χ1) is 10.6. The fourth-order valence-corrected chi connectivity index (χ4v) is 3.22. The second-order valence-corrected chi connectivity index (χ2v) is 6.84. The molecule has 1 aromatic heterocycles. The summed E-state index contributed by atoms with van der Waals surface area (Å²) in [4.78, 5) is 12.0. The lowest BCUT2D eigenvalue weighted by atomic mass is 9.97. The van der Waals surface area contributed by atoms with Crippen LogP contribution >= 0.6 is 11.3 Å². The number of rotatable bonds is 6. The zero-order valence-electron chi connectivity index (χ0n) is 12.4. The molecule has 1 aliphatic rings. The molecule has 22 heavy (non-hydrogen) atoms. The summed E-state index contributed by atoms with van der Waals surface area (Å²) in [6, 6.07) is 6.29. The Labute approximate surface area is 132 Å². The van der Waals surface area contributed by atoms with Gasteiger partial charge in [0, 0.05) is 12.3 Å². The Morgan fingerprint density at radius 2 is 2.09 bits per heavy atom. The number of carbonyl (C=O) groups excluding carboxylic acids is 1. The number of aromatic nitrogens is 2. The fraction of sp³-hybridized carbons (Fsp3) is 0.438. The highest BCUT2D eigenvalue weighted by Gasteiger charge is 2.27. The first-order valence-corrected chi connectivity index (χ1v) is 8.28. The molecule has 4 nitrogen and oxygen atoms in total. The summed E-state index contributed by atoms with van der Waals surface area (Å²) in [5, 5.41) is 13.1. The van der Waals surface area contributed by atoms with Crippen molar-refractivity contribution < 1.29 is 9.18 Å². The van der Waals surface area contributed by atoms with E-state index < -0.39 is 0 Å². The fourth-order valence-electron chi connectivity index (χ4n) is 2.27. The monoisotopic (exact) mass is 319 g/mol. The van der Waals surface area contributed by atoms with Crippen molar-refractivity contribution in [3.63, 3.8) is 0 Å². The molecule has 1 N–H and O–H groups in total. The van der Waals surface area contributed by atoms with E-state index in [0.29, 0.717) is 18.9 Å². The molecule has 0 spiro atoms. The van der Waals surface area contributed by atoms with Crippen LogP contribution in [0.2, 0.25) is 0 Å². The zero-order valence-corrected chi connectivity index (χ0v) is 13.2. The Morgan fingerprint density at radius 1 is 1.36 bits per heavy atom. The molecule has 0 aliphatic heterocycles. The van der Waals surface area contributed by atoms with Gasteiger partial charge in [-0.15, -0.1) is 10.2 Å². The third kappa shape index (κ3) is 3.88. The van der Waals surface area contributed by atoms with Crippen molar-refractivity contribution in [2.75, 3.05) is 0 Å². The van der Waals surface area contributed by atoms with E-state index in [0.717, 1.165) is 15.6 Å². The summed E-state index contributed by atoms with van der Waals surface area (Å²) >= 11 is 1.58. The van der Waals surface area contributed by atoms with E-state index in [1.54, 1.807) is 23.5 Å². The summed E-state index contributed by atoms with van der Waals surface area (Å²) in [6.45, 7) is 2.39. The molecule has 0 saturated heterocycles. The topological polar surface area (TPSA) is 54.9 Å². The number of nitrogens with one attached hydrogen (secondary N) is 1. The summed E-state index contributed by atoms with van der Waals surface area (Å²) in [7, 11) is 0. The van der Waals surface area contributed by atoms with Crippen LogP contribution < -0.4 is 5.32 Å². The van der Waals surface area contributed by atoms with Crippen LogP contribution in [0.1, 0.15) is 53.6 Å². The van der Waals surface area contributed by atoms with Crippen LogP contribution in [0, 0.1) is 5.82 Å². The van der Waals surface area contributed by atoms with Crippen molar-refractivity contribution >= 4 is 17.2 Å². The second-order valence-electron chi connectivity index (χ2n) is 5.74. The Hall–Kier alpha value is -1.82. The minimum absolute atomic E-state index is 0.0278. The molecule has 116 valence electrons. The van der Waals surface area contributed by atoms with Gasteiger partial charge in [0.15, 0.2) is 0 Å². The lowest BCUT2D eigenvalue weighted by molar-refractivity contribution is -0.121. The van der Waals surface area contributed by atoms with Crippen molar-refractivity contribution in [1.29, 1.82) is 0 Å². The van der Waals surface area contributed by atoms with Gasteiger partial charge < -0.3 is 5.32 Å². The molecule has 6 heteroatoms. The SMILES string of the molecule is C[C@H](CC(=O)NCc1nnc(C2CC2)s1)c1ccc(F)cc1.